The predicted octanol–water partition coefficient (Wildman–Crippen LogP) is 3.47. The van der Waals surface area contributed by atoms with E-state index in [2.05, 4.69) is 34.7 Å². The summed E-state index contributed by atoms with van der Waals surface area (Å²) < 4.78 is 0.880. The maximum Gasteiger partial charge on any atom is 0.335 e. The van der Waals surface area contributed by atoms with Crippen LogP contribution in [0, 0.1) is 0 Å². The summed E-state index contributed by atoms with van der Waals surface area (Å²) in [6, 6.07) is 5.82. The Balaban J connectivity index is 2.12. The van der Waals surface area contributed by atoms with Crippen LogP contribution in [0.2, 0.25) is 0 Å². The van der Waals surface area contributed by atoms with Crippen LogP contribution in [-0.2, 0) is 6.54 Å². The molecule has 1 aromatic rings. The zero-order valence-electron chi connectivity index (χ0n) is 11.1. The molecule has 0 radical (unpaired) electrons. The van der Waals surface area contributed by atoms with Gasteiger partial charge in [0.05, 0.1) is 5.56 Å². The van der Waals surface area contributed by atoms with E-state index in [1.165, 1.54) is 0 Å². The lowest BCUT2D eigenvalue weighted by molar-refractivity contribution is 0.0696. The van der Waals surface area contributed by atoms with E-state index in [0.717, 1.165) is 28.9 Å². The maximum atomic E-state index is 10.9. The molecule has 1 N–H and O–H groups in total. The molecule has 5 heteroatoms. The molecule has 1 aliphatic rings. The van der Waals surface area contributed by atoms with Crippen LogP contribution in [0.25, 0.3) is 0 Å². The lowest BCUT2D eigenvalue weighted by atomic mass is 10.1. The Morgan fingerprint density at radius 3 is 2.89 bits per heavy atom. The molecule has 0 bridgehead atoms. The van der Waals surface area contributed by atoms with E-state index < -0.39 is 5.97 Å². The first kappa shape index (κ1) is 14.9. The number of hydrogen-bond acceptors (Lipinski definition) is 3. The van der Waals surface area contributed by atoms with Gasteiger partial charge in [-0.3, -0.25) is 4.90 Å². The fraction of sp³-hybridized carbons (Fsp3) is 0.500. The molecule has 2 rings (SSSR count). The van der Waals surface area contributed by atoms with Gasteiger partial charge < -0.3 is 5.11 Å². The first-order valence-electron chi connectivity index (χ1n) is 6.36. The maximum absolute atomic E-state index is 10.9. The number of rotatable bonds is 3. The number of thioether (sulfide) groups is 1. The van der Waals surface area contributed by atoms with Crippen molar-refractivity contribution < 1.29 is 9.90 Å². The summed E-state index contributed by atoms with van der Waals surface area (Å²) in [4.78, 5) is 13.4. The van der Waals surface area contributed by atoms with Gasteiger partial charge >= 0.3 is 5.97 Å². The molecule has 1 aliphatic heterocycles. The zero-order valence-corrected chi connectivity index (χ0v) is 13.5. The summed E-state index contributed by atoms with van der Waals surface area (Å²) >= 11 is 5.50. The summed E-state index contributed by atoms with van der Waals surface area (Å²) in [5.74, 6) is 0.277. The molecule has 1 saturated heterocycles. The van der Waals surface area contributed by atoms with Crippen LogP contribution in [0.1, 0.15) is 29.8 Å². The highest BCUT2D eigenvalue weighted by Gasteiger charge is 2.25. The van der Waals surface area contributed by atoms with Crippen molar-refractivity contribution in [3.8, 4) is 0 Å². The number of nitrogens with zero attached hydrogens (tertiary/aromatic N) is 1. The molecule has 2 unspecified atom stereocenters. The second kappa shape index (κ2) is 6.29. The van der Waals surface area contributed by atoms with E-state index in [9.17, 15) is 4.79 Å². The summed E-state index contributed by atoms with van der Waals surface area (Å²) in [6.45, 7) is 6.48. The monoisotopic (exact) mass is 343 g/mol. The molecular weight excluding hydrogens is 326 g/mol. The lowest BCUT2D eigenvalue weighted by Gasteiger charge is -2.37. The first-order chi connectivity index (χ1) is 8.99. The molecule has 1 heterocycles. The fourth-order valence-electron chi connectivity index (χ4n) is 2.25. The largest absolute Gasteiger partial charge is 0.478 e. The van der Waals surface area contributed by atoms with Gasteiger partial charge in [-0.05, 0) is 24.6 Å². The number of aromatic carboxylic acids is 1. The van der Waals surface area contributed by atoms with Crippen molar-refractivity contribution >= 4 is 33.7 Å². The third-order valence-electron chi connectivity index (χ3n) is 3.69. The molecule has 19 heavy (non-hydrogen) atoms. The molecule has 0 aromatic heterocycles. The number of carboxylic acid groups (broad SMARTS) is 1. The second-order valence-electron chi connectivity index (χ2n) is 4.90. The van der Waals surface area contributed by atoms with Crippen molar-refractivity contribution in [3.05, 3.63) is 33.8 Å². The van der Waals surface area contributed by atoms with Gasteiger partial charge in [-0.15, -0.1) is 0 Å². The van der Waals surface area contributed by atoms with Crippen LogP contribution in [0.4, 0.5) is 0 Å². The smallest absolute Gasteiger partial charge is 0.335 e. The highest BCUT2D eigenvalue weighted by molar-refractivity contribution is 9.10. The van der Waals surface area contributed by atoms with E-state index >= 15 is 0 Å². The SMILES string of the molecule is CC1SCCN(Cc2ccc(C(=O)O)cc2Br)C1C. The highest BCUT2D eigenvalue weighted by atomic mass is 79.9. The van der Waals surface area contributed by atoms with E-state index in [-0.39, 0.29) is 0 Å². The number of benzene rings is 1. The number of halogens is 1. The summed E-state index contributed by atoms with van der Waals surface area (Å²) in [5, 5.41) is 9.61. The molecule has 3 nitrogen and oxygen atoms in total. The van der Waals surface area contributed by atoms with Gasteiger partial charge in [-0.25, -0.2) is 4.79 Å². The van der Waals surface area contributed by atoms with E-state index in [4.69, 9.17) is 5.11 Å². The van der Waals surface area contributed by atoms with Gasteiger partial charge in [-0.1, -0.05) is 28.9 Å². The number of hydrogen-bond donors (Lipinski definition) is 1. The van der Waals surface area contributed by atoms with Gasteiger partial charge in [-0.2, -0.15) is 11.8 Å². The van der Waals surface area contributed by atoms with Crippen molar-refractivity contribution in [1.82, 2.24) is 4.90 Å². The van der Waals surface area contributed by atoms with Crippen LogP contribution in [0.3, 0.4) is 0 Å². The average Bonchev–Trinajstić information content (AvgIpc) is 2.37. The highest BCUT2D eigenvalue weighted by Crippen LogP contribution is 2.27. The number of carbonyl (C=O) groups is 1. The van der Waals surface area contributed by atoms with Crippen LogP contribution < -0.4 is 0 Å². The third-order valence-corrected chi connectivity index (χ3v) is 5.76. The Kier molecular flexibility index (Phi) is 4.92. The third kappa shape index (κ3) is 3.52. The second-order valence-corrected chi connectivity index (χ2v) is 7.24. The Morgan fingerprint density at radius 1 is 1.53 bits per heavy atom. The lowest BCUT2D eigenvalue weighted by Crippen LogP contribution is -2.44. The average molecular weight is 344 g/mol. The standard InChI is InChI=1S/C14H18BrNO2S/c1-9-10(2)19-6-5-16(9)8-12-4-3-11(14(17)18)7-13(12)15/h3-4,7,9-10H,5-6,8H2,1-2H3,(H,17,18). The van der Waals surface area contributed by atoms with Gasteiger partial charge in [0.1, 0.15) is 0 Å². The molecule has 0 spiro atoms. The zero-order chi connectivity index (χ0) is 14.0. The molecular formula is C14H18BrNO2S. The molecule has 1 fully saturated rings. The summed E-state index contributed by atoms with van der Waals surface area (Å²) in [6.07, 6.45) is 0. The van der Waals surface area contributed by atoms with Crippen LogP contribution in [0.15, 0.2) is 22.7 Å². The van der Waals surface area contributed by atoms with Gasteiger partial charge in [0.2, 0.25) is 0 Å². The van der Waals surface area contributed by atoms with Crippen LogP contribution >= 0.6 is 27.7 Å². The first-order valence-corrected chi connectivity index (χ1v) is 8.20. The molecule has 0 saturated carbocycles. The minimum absolute atomic E-state index is 0.325. The molecule has 1 aromatic carbocycles. The molecule has 2 atom stereocenters. The minimum Gasteiger partial charge on any atom is -0.478 e. The summed E-state index contributed by atoms with van der Waals surface area (Å²) in [7, 11) is 0. The van der Waals surface area contributed by atoms with E-state index in [1.54, 1.807) is 12.1 Å². The minimum atomic E-state index is -0.886. The quantitative estimate of drug-likeness (QED) is 0.912. The Morgan fingerprint density at radius 2 is 2.26 bits per heavy atom. The Hall–Kier alpha value is -0.520. The predicted molar refractivity (Wildman–Crippen MR) is 82.9 cm³/mol. The Labute approximate surface area is 126 Å². The van der Waals surface area contributed by atoms with Gasteiger partial charge in [0.15, 0.2) is 0 Å². The van der Waals surface area contributed by atoms with Crippen LogP contribution in [-0.4, -0.2) is 39.6 Å². The van der Waals surface area contributed by atoms with E-state index in [1.807, 2.05) is 17.8 Å². The van der Waals surface area contributed by atoms with Crippen molar-refractivity contribution in [3.63, 3.8) is 0 Å². The normalized spacial score (nSPS) is 24.4. The molecule has 104 valence electrons. The van der Waals surface area contributed by atoms with Gasteiger partial charge in [0.25, 0.3) is 0 Å². The van der Waals surface area contributed by atoms with Crippen molar-refractivity contribution in [2.24, 2.45) is 0 Å². The molecule has 0 aliphatic carbocycles. The number of carboxylic acids is 1. The van der Waals surface area contributed by atoms with E-state index in [0.29, 0.717) is 16.9 Å². The van der Waals surface area contributed by atoms with Crippen LogP contribution in [0.5, 0.6) is 0 Å². The van der Waals surface area contributed by atoms with Crippen molar-refractivity contribution in [2.45, 2.75) is 31.7 Å². The van der Waals surface area contributed by atoms with Crippen molar-refractivity contribution in [2.75, 3.05) is 12.3 Å². The van der Waals surface area contributed by atoms with Crippen molar-refractivity contribution in [1.29, 1.82) is 0 Å². The topological polar surface area (TPSA) is 40.5 Å². The van der Waals surface area contributed by atoms with Gasteiger partial charge in [0, 0.05) is 34.6 Å². The fourth-order valence-corrected chi connectivity index (χ4v) is 3.91. The summed E-state index contributed by atoms with van der Waals surface area (Å²) in [5.41, 5.74) is 1.47. The Bertz CT molecular complexity index is 481. The molecule has 0 amide bonds.